The van der Waals surface area contributed by atoms with Crippen molar-refractivity contribution in [2.75, 3.05) is 33.0 Å². The molecule has 0 saturated carbocycles. The maximum atomic E-state index is 11.5. The van der Waals surface area contributed by atoms with E-state index >= 15 is 0 Å². The van der Waals surface area contributed by atoms with Gasteiger partial charge in [-0.2, -0.15) is 0 Å². The van der Waals surface area contributed by atoms with Gasteiger partial charge in [0.25, 0.3) is 0 Å². The number of hydrogen-bond acceptors (Lipinski definition) is 6. The zero-order valence-electron chi connectivity index (χ0n) is 9.72. The minimum Gasteiger partial charge on any atom is -0.480 e. The zero-order valence-corrected chi connectivity index (χ0v) is 9.72. The maximum Gasteiger partial charge on any atom is 0.329 e. The molecule has 100 valence electrons. The quantitative estimate of drug-likeness (QED) is 0.355. The molecule has 7 nitrogen and oxygen atoms in total. The van der Waals surface area contributed by atoms with E-state index in [1.54, 1.807) is 6.92 Å². The van der Waals surface area contributed by atoms with Gasteiger partial charge in [0.1, 0.15) is 18.6 Å². The Hall–Kier alpha value is -1.18. The molecule has 3 N–H and O–H groups in total. The number of aliphatic hydroxyl groups is 2. The lowest BCUT2D eigenvalue weighted by molar-refractivity contribution is -0.163. The van der Waals surface area contributed by atoms with Crippen LogP contribution in [0.2, 0.25) is 0 Å². The molecule has 0 aromatic heterocycles. The van der Waals surface area contributed by atoms with Crippen molar-refractivity contribution in [2.24, 2.45) is 5.41 Å². The summed E-state index contributed by atoms with van der Waals surface area (Å²) < 4.78 is 9.44. The SMILES string of the molecule is CCC(CO)(CO)C(=O)OCCOCC(=O)O. The predicted molar refractivity (Wildman–Crippen MR) is 56.3 cm³/mol. The summed E-state index contributed by atoms with van der Waals surface area (Å²) >= 11 is 0. The number of aliphatic hydroxyl groups excluding tert-OH is 2. The fourth-order valence-corrected chi connectivity index (χ4v) is 1.05. The van der Waals surface area contributed by atoms with Gasteiger partial charge >= 0.3 is 11.9 Å². The van der Waals surface area contributed by atoms with E-state index in [2.05, 4.69) is 4.74 Å². The molecule has 0 unspecified atom stereocenters. The first kappa shape index (κ1) is 15.8. The van der Waals surface area contributed by atoms with Gasteiger partial charge in [0.15, 0.2) is 0 Å². The van der Waals surface area contributed by atoms with Gasteiger partial charge in [-0.05, 0) is 6.42 Å². The second kappa shape index (κ2) is 7.99. The van der Waals surface area contributed by atoms with Crippen LogP contribution in [-0.2, 0) is 19.1 Å². The molecule has 0 rings (SSSR count). The van der Waals surface area contributed by atoms with Crippen LogP contribution < -0.4 is 0 Å². The van der Waals surface area contributed by atoms with Gasteiger partial charge in [-0.25, -0.2) is 4.79 Å². The monoisotopic (exact) mass is 250 g/mol. The number of ether oxygens (including phenoxy) is 2. The van der Waals surface area contributed by atoms with Crippen molar-refractivity contribution in [3.63, 3.8) is 0 Å². The lowest BCUT2D eigenvalue weighted by Gasteiger charge is -2.25. The minimum atomic E-state index is -1.30. The highest BCUT2D eigenvalue weighted by Gasteiger charge is 2.37. The summed E-state index contributed by atoms with van der Waals surface area (Å²) in [7, 11) is 0. The molecule has 0 radical (unpaired) electrons. The molecule has 0 saturated heterocycles. The van der Waals surface area contributed by atoms with E-state index in [0.717, 1.165) is 0 Å². The zero-order chi connectivity index (χ0) is 13.3. The van der Waals surface area contributed by atoms with E-state index in [-0.39, 0.29) is 19.6 Å². The van der Waals surface area contributed by atoms with Crippen molar-refractivity contribution < 1.29 is 34.4 Å². The topological polar surface area (TPSA) is 113 Å². The maximum absolute atomic E-state index is 11.5. The molecular formula is C10H18O7. The molecule has 0 aromatic rings. The molecule has 0 aliphatic heterocycles. The Morgan fingerprint density at radius 3 is 2.18 bits per heavy atom. The highest BCUT2D eigenvalue weighted by atomic mass is 16.6. The highest BCUT2D eigenvalue weighted by molar-refractivity contribution is 5.77. The number of carbonyl (C=O) groups excluding carboxylic acids is 1. The van der Waals surface area contributed by atoms with Crippen LogP contribution >= 0.6 is 0 Å². The van der Waals surface area contributed by atoms with Crippen molar-refractivity contribution in [3.8, 4) is 0 Å². The highest BCUT2D eigenvalue weighted by Crippen LogP contribution is 2.22. The molecule has 0 bridgehead atoms. The summed E-state index contributed by atoms with van der Waals surface area (Å²) in [6.45, 7) is 0.0112. The Bertz CT molecular complexity index is 239. The molecular weight excluding hydrogens is 232 g/mol. The number of hydrogen-bond donors (Lipinski definition) is 3. The fourth-order valence-electron chi connectivity index (χ4n) is 1.05. The number of carboxylic acid groups (broad SMARTS) is 1. The second-order valence-corrected chi connectivity index (χ2v) is 3.53. The van der Waals surface area contributed by atoms with Crippen molar-refractivity contribution >= 4 is 11.9 Å². The Kier molecular flexibility index (Phi) is 7.44. The molecule has 0 atom stereocenters. The third-order valence-corrected chi connectivity index (χ3v) is 2.40. The van der Waals surface area contributed by atoms with Crippen LogP contribution in [0, 0.1) is 5.41 Å². The number of rotatable bonds is 9. The van der Waals surface area contributed by atoms with E-state index < -0.39 is 37.2 Å². The van der Waals surface area contributed by atoms with Crippen LogP contribution in [-0.4, -0.2) is 60.3 Å². The van der Waals surface area contributed by atoms with Gasteiger partial charge in [0, 0.05) is 0 Å². The molecule has 0 fully saturated rings. The molecule has 0 spiro atoms. The molecule has 7 heteroatoms. The van der Waals surface area contributed by atoms with Crippen molar-refractivity contribution in [3.05, 3.63) is 0 Å². The van der Waals surface area contributed by atoms with Crippen LogP contribution in [0.3, 0.4) is 0 Å². The first-order valence-electron chi connectivity index (χ1n) is 5.21. The van der Waals surface area contributed by atoms with Gasteiger partial charge in [-0.1, -0.05) is 6.92 Å². The van der Waals surface area contributed by atoms with Crippen LogP contribution in [0.4, 0.5) is 0 Å². The number of carboxylic acids is 1. The van der Waals surface area contributed by atoms with Gasteiger partial charge < -0.3 is 24.8 Å². The van der Waals surface area contributed by atoms with E-state index in [4.69, 9.17) is 20.1 Å². The van der Waals surface area contributed by atoms with Crippen molar-refractivity contribution in [1.29, 1.82) is 0 Å². The fraction of sp³-hybridized carbons (Fsp3) is 0.800. The summed E-state index contributed by atoms with van der Waals surface area (Å²) in [6, 6.07) is 0. The van der Waals surface area contributed by atoms with Crippen LogP contribution in [0.15, 0.2) is 0 Å². The largest absolute Gasteiger partial charge is 0.480 e. The number of aliphatic carboxylic acids is 1. The standard InChI is InChI=1S/C10H18O7/c1-2-10(6-11,7-12)9(15)17-4-3-16-5-8(13)14/h11-12H,2-7H2,1H3,(H,13,14). The average molecular weight is 250 g/mol. The minimum absolute atomic E-state index is 0.0469. The summed E-state index contributed by atoms with van der Waals surface area (Å²) in [5, 5.41) is 26.4. The predicted octanol–water partition coefficient (Wildman–Crippen LogP) is -0.988. The first-order valence-corrected chi connectivity index (χ1v) is 5.21. The molecule has 0 aromatic carbocycles. The Morgan fingerprint density at radius 1 is 1.18 bits per heavy atom. The molecule has 0 aliphatic carbocycles. The third kappa shape index (κ3) is 5.12. The van der Waals surface area contributed by atoms with Gasteiger partial charge in [-0.3, -0.25) is 4.79 Å². The van der Waals surface area contributed by atoms with Crippen LogP contribution in [0.25, 0.3) is 0 Å². The summed E-state index contributed by atoms with van der Waals surface area (Å²) in [5.74, 6) is -1.83. The smallest absolute Gasteiger partial charge is 0.329 e. The number of esters is 1. The summed E-state index contributed by atoms with van der Waals surface area (Å²) in [4.78, 5) is 21.6. The first-order chi connectivity index (χ1) is 8.02. The van der Waals surface area contributed by atoms with Gasteiger partial charge in [0.05, 0.1) is 19.8 Å². The van der Waals surface area contributed by atoms with E-state index in [1.165, 1.54) is 0 Å². The Morgan fingerprint density at radius 2 is 1.76 bits per heavy atom. The average Bonchev–Trinajstić information content (AvgIpc) is 2.31. The molecule has 17 heavy (non-hydrogen) atoms. The van der Waals surface area contributed by atoms with Crippen molar-refractivity contribution in [2.45, 2.75) is 13.3 Å². The lowest BCUT2D eigenvalue weighted by atomic mass is 9.87. The summed E-state index contributed by atoms with van der Waals surface area (Å²) in [6.07, 6.45) is 0.245. The van der Waals surface area contributed by atoms with E-state index in [1.807, 2.05) is 0 Å². The molecule has 0 heterocycles. The van der Waals surface area contributed by atoms with Crippen LogP contribution in [0.5, 0.6) is 0 Å². The second-order valence-electron chi connectivity index (χ2n) is 3.53. The lowest BCUT2D eigenvalue weighted by Crippen LogP contribution is -2.40. The van der Waals surface area contributed by atoms with Gasteiger partial charge in [-0.15, -0.1) is 0 Å². The normalized spacial score (nSPS) is 11.2. The van der Waals surface area contributed by atoms with E-state index in [9.17, 15) is 9.59 Å². The third-order valence-electron chi connectivity index (χ3n) is 2.40. The molecule has 0 amide bonds. The Balaban J connectivity index is 3.95. The van der Waals surface area contributed by atoms with Crippen LogP contribution in [0.1, 0.15) is 13.3 Å². The number of carbonyl (C=O) groups is 2. The van der Waals surface area contributed by atoms with E-state index in [0.29, 0.717) is 0 Å². The Labute approximate surface area is 99.0 Å². The summed E-state index contributed by atoms with van der Waals surface area (Å²) in [5.41, 5.74) is -1.30. The van der Waals surface area contributed by atoms with Crippen molar-refractivity contribution in [1.82, 2.24) is 0 Å². The van der Waals surface area contributed by atoms with Gasteiger partial charge in [0.2, 0.25) is 0 Å². The molecule has 0 aliphatic rings.